The number of aromatic nitrogens is 1. The minimum atomic E-state index is 0.370. The van der Waals surface area contributed by atoms with Gasteiger partial charge in [-0.1, -0.05) is 24.6 Å². The van der Waals surface area contributed by atoms with Gasteiger partial charge in [-0.2, -0.15) is 0 Å². The van der Waals surface area contributed by atoms with Gasteiger partial charge in [-0.05, 0) is 30.9 Å². The predicted molar refractivity (Wildman–Crippen MR) is 58.4 cm³/mol. The summed E-state index contributed by atoms with van der Waals surface area (Å²) in [6.45, 7) is 4.43. The fourth-order valence-electron chi connectivity index (χ4n) is 1.62. The molecule has 3 atom stereocenters. The average molecular weight is 211 g/mol. The van der Waals surface area contributed by atoms with E-state index in [1.165, 1.54) is 12.0 Å². The molecule has 1 aliphatic rings. The predicted octanol–water partition coefficient (Wildman–Crippen LogP) is 2.79. The van der Waals surface area contributed by atoms with E-state index in [2.05, 4.69) is 24.1 Å². The average Bonchev–Trinajstić information content (AvgIpc) is 2.82. The Hall–Kier alpha value is -0.600. The number of nitrogens with zero attached hydrogens (tertiary/aromatic N) is 1. The van der Waals surface area contributed by atoms with Gasteiger partial charge in [0.2, 0.25) is 0 Å². The van der Waals surface area contributed by atoms with Crippen LogP contribution in [0.1, 0.15) is 31.9 Å². The van der Waals surface area contributed by atoms with Crippen molar-refractivity contribution in [1.29, 1.82) is 0 Å². The maximum Gasteiger partial charge on any atom is 0.129 e. The first kappa shape index (κ1) is 9.94. The Bertz CT molecular complexity index is 310. The summed E-state index contributed by atoms with van der Waals surface area (Å²) in [5.74, 6) is 0.831. The van der Waals surface area contributed by atoms with Gasteiger partial charge in [0.05, 0.1) is 0 Å². The molecule has 3 unspecified atom stereocenters. The van der Waals surface area contributed by atoms with Gasteiger partial charge in [0.25, 0.3) is 0 Å². The van der Waals surface area contributed by atoms with Crippen LogP contribution in [0, 0.1) is 5.92 Å². The van der Waals surface area contributed by atoms with E-state index in [9.17, 15) is 0 Å². The molecule has 0 aromatic carbocycles. The first-order chi connectivity index (χ1) is 6.66. The van der Waals surface area contributed by atoms with E-state index in [0.717, 1.165) is 5.92 Å². The van der Waals surface area contributed by atoms with Crippen molar-refractivity contribution in [2.75, 3.05) is 0 Å². The maximum absolute atomic E-state index is 5.73. The highest BCUT2D eigenvalue weighted by molar-refractivity contribution is 6.29. The smallest absolute Gasteiger partial charge is 0.129 e. The van der Waals surface area contributed by atoms with Crippen molar-refractivity contribution in [3.63, 3.8) is 0 Å². The van der Waals surface area contributed by atoms with Crippen molar-refractivity contribution >= 4 is 11.6 Å². The molecule has 1 fully saturated rings. The quantitative estimate of drug-likeness (QED) is 0.777. The molecule has 76 valence electrons. The van der Waals surface area contributed by atoms with E-state index in [1.54, 1.807) is 0 Å². The van der Waals surface area contributed by atoms with Crippen molar-refractivity contribution in [1.82, 2.24) is 10.3 Å². The van der Waals surface area contributed by atoms with Crippen molar-refractivity contribution < 1.29 is 0 Å². The number of hydrogen-bond acceptors (Lipinski definition) is 2. The lowest BCUT2D eigenvalue weighted by molar-refractivity contribution is 0.550. The maximum atomic E-state index is 5.73. The van der Waals surface area contributed by atoms with E-state index < -0.39 is 0 Å². The van der Waals surface area contributed by atoms with Crippen LogP contribution in [0.4, 0.5) is 0 Å². The third kappa shape index (κ3) is 2.25. The van der Waals surface area contributed by atoms with Crippen molar-refractivity contribution in [2.45, 2.75) is 32.4 Å². The Morgan fingerprint density at radius 3 is 2.79 bits per heavy atom. The van der Waals surface area contributed by atoms with Gasteiger partial charge in [-0.25, -0.2) is 4.98 Å². The lowest BCUT2D eigenvalue weighted by Gasteiger charge is -2.13. The number of hydrogen-bond donors (Lipinski definition) is 1. The molecule has 14 heavy (non-hydrogen) atoms. The van der Waals surface area contributed by atoms with Crippen LogP contribution < -0.4 is 5.32 Å². The lowest BCUT2D eigenvalue weighted by atomic mass is 10.1. The molecule has 1 aromatic heterocycles. The molecule has 2 rings (SSSR count). The highest BCUT2D eigenvalue weighted by Gasteiger charge is 2.33. The zero-order chi connectivity index (χ0) is 10.1. The molecule has 0 aliphatic heterocycles. The summed E-state index contributed by atoms with van der Waals surface area (Å²) < 4.78 is 0. The highest BCUT2D eigenvalue weighted by atomic mass is 35.5. The molecular formula is C11H15ClN2. The Morgan fingerprint density at radius 1 is 1.57 bits per heavy atom. The largest absolute Gasteiger partial charge is 0.307 e. The van der Waals surface area contributed by atoms with Gasteiger partial charge >= 0.3 is 0 Å². The van der Waals surface area contributed by atoms with Crippen LogP contribution >= 0.6 is 11.6 Å². The first-order valence-electron chi connectivity index (χ1n) is 5.04. The fraction of sp³-hybridized carbons (Fsp3) is 0.545. The minimum absolute atomic E-state index is 0.370. The Labute approximate surface area is 89.7 Å². The molecule has 2 nitrogen and oxygen atoms in total. The molecule has 0 radical (unpaired) electrons. The van der Waals surface area contributed by atoms with Crippen LogP contribution in [-0.2, 0) is 0 Å². The normalized spacial score (nSPS) is 27.4. The summed E-state index contributed by atoms with van der Waals surface area (Å²) in [7, 11) is 0. The number of nitrogens with one attached hydrogen (secondary N) is 1. The molecule has 0 amide bonds. The zero-order valence-electron chi connectivity index (χ0n) is 8.50. The second kappa shape index (κ2) is 3.87. The molecule has 3 heteroatoms. The van der Waals surface area contributed by atoms with Gasteiger partial charge < -0.3 is 5.32 Å². The molecule has 0 spiro atoms. The van der Waals surface area contributed by atoms with E-state index in [4.69, 9.17) is 11.6 Å². The summed E-state index contributed by atoms with van der Waals surface area (Å²) in [5, 5.41) is 4.11. The van der Waals surface area contributed by atoms with Crippen LogP contribution in [0.15, 0.2) is 18.3 Å². The lowest BCUT2D eigenvalue weighted by Crippen LogP contribution is -2.22. The molecule has 0 saturated heterocycles. The SMILES string of the molecule is CC(NC1CC1C)c1ccc(Cl)nc1. The third-order valence-electron chi connectivity index (χ3n) is 2.82. The Morgan fingerprint density at radius 2 is 2.29 bits per heavy atom. The first-order valence-corrected chi connectivity index (χ1v) is 5.42. The number of pyridine rings is 1. The van der Waals surface area contributed by atoms with Gasteiger partial charge in [0, 0.05) is 18.3 Å². The molecular weight excluding hydrogens is 196 g/mol. The van der Waals surface area contributed by atoms with Crippen LogP contribution in [-0.4, -0.2) is 11.0 Å². The van der Waals surface area contributed by atoms with Crippen LogP contribution in [0.2, 0.25) is 5.15 Å². The van der Waals surface area contributed by atoms with Crippen LogP contribution in [0.5, 0.6) is 0 Å². The van der Waals surface area contributed by atoms with E-state index in [-0.39, 0.29) is 0 Å². The van der Waals surface area contributed by atoms with Crippen LogP contribution in [0.3, 0.4) is 0 Å². The summed E-state index contributed by atoms with van der Waals surface area (Å²) in [5.41, 5.74) is 1.20. The van der Waals surface area contributed by atoms with Gasteiger partial charge in [-0.15, -0.1) is 0 Å². The van der Waals surface area contributed by atoms with Crippen molar-refractivity contribution in [3.8, 4) is 0 Å². The van der Waals surface area contributed by atoms with Crippen molar-refractivity contribution in [3.05, 3.63) is 29.0 Å². The molecule has 0 bridgehead atoms. The van der Waals surface area contributed by atoms with Crippen LogP contribution in [0.25, 0.3) is 0 Å². The van der Waals surface area contributed by atoms with Gasteiger partial charge in [0.15, 0.2) is 0 Å². The second-order valence-electron chi connectivity index (χ2n) is 4.12. The van der Waals surface area contributed by atoms with Gasteiger partial charge in [0.1, 0.15) is 5.15 Å². The van der Waals surface area contributed by atoms with E-state index in [0.29, 0.717) is 17.2 Å². The van der Waals surface area contributed by atoms with Gasteiger partial charge in [-0.3, -0.25) is 0 Å². The molecule has 1 aliphatic carbocycles. The Balaban J connectivity index is 1.96. The monoisotopic (exact) mass is 210 g/mol. The summed E-state index contributed by atoms with van der Waals surface area (Å²) >= 11 is 5.73. The summed E-state index contributed by atoms with van der Waals surface area (Å²) in [6, 6.07) is 4.93. The van der Waals surface area contributed by atoms with Crippen molar-refractivity contribution in [2.24, 2.45) is 5.92 Å². The van der Waals surface area contributed by atoms with E-state index >= 15 is 0 Å². The number of halogens is 1. The van der Waals surface area contributed by atoms with E-state index in [1.807, 2.05) is 18.3 Å². The summed E-state index contributed by atoms with van der Waals surface area (Å²) in [4.78, 5) is 4.07. The standard InChI is InChI=1S/C11H15ClN2/c1-7-5-10(7)14-8(2)9-3-4-11(12)13-6-9/h3-4,6-8,10,14H,5H2,1-2H3. The molecule has 1 N–H and O–H groups in total. The molecule has 1 heterocycles. The second-order valence-corrected chi connectivity index (χ2v) is 4.51. The Kier molecular flexibility index (Phi) is 2.75. The third-order valence-corrected chi connectivity index (χ3v) is 3.05. The minimum Gasteiger partial charge on any atom is -0.307 e. The number of rotatable bonds is 3. The zero-order valence-corrected chi connectivity index (χ0v) is 9.25. The summed E-state index contributed by atoms with van der Waals surface area (Å²) in [6.07, 6.45) is 3.14. The fourth-order valence-corrected chi connectivity index (χ4v) is 1.73. The highest BCUT2D eigenvalue weighted by Crippen LogP contribution is 2.31. The topological polar surface area (TPSA) is 24.9 Å². The molecule has 1 aromatic rings. The molecule has 1 saturated carbocycles.